The molecule has 264 valence electrons. The number of nitrogens with one attached hydrogen (secondary N) is 1. The zero-order chi connectivity index (χ0) is 36.6. The first-order chi connectivity index (χ1) is 25.7. The first-order valence-electron chi connectivity index (χ1n) is 17.3. The van der Waals surface area contributed by atoms with Crippen LogP contribution in [0.4, 0.5) is 21.9 Å². The number of barbiturate groups is 1. The zero-order valence-corrected chi connectivity index (χ0v) is 30.0. The summed E-state index contributed by atoms with van der Waals surface area (Å²) in [5.74, 6) is -0.862. The summed E-state index contributed by atoms with van der Waals surface area (Å²) in [5, 5.41) is 13.4. The molecule has 0 bridgehead atoms. The van der Waals surface area contributed by atoms with Gasteiger partial charge in [0.25, 0.3) is 17.5 Å². The van der Waals surface area contributed by atoms with E-state index in [1.165, 1.54) is 29.3 Å². The molecule has 3 aliphatic heterocycles. The number of nitro benzene ring substituents is 1. The minimum atomic E-state index is -0.795. The van der Waals surface area contributed by atoms with E-state index in [1.807, 2.05) is 48.5 Å². The molecule has 2 atom stereocenters. The van der Waals surface area contributed by atoms with Crippen molar-refractivity contribution in [2.24, 2.45) is 0 Å². The van der Waals surface area contributed by atoms with Crippen LogP contribution in [0.1, 0.15) is 58.1 Å². The summed E-state index contributed by atoms with van der Waals surface area (Å²) >= 11 is 3.52. The normalized spacial score (nSPS) is 18.8. The number of benzene rings is 5. The van der Waals surface area contributed by atoms with E-state index >= 15 is 0 Å². The number of nitro groups is 1. The summed E-state index contributed by atoms with van der Waals surface area (Å²) < 4.78 is 6.49. The van der Waals surface area contributed by atoms with Crippen LogP contribution in [0.5, 0.6) is 5.75 Å². The number of ether oxygens (including phenoxy) is 1. The topological polar surface area (TPSA) is 122 Å². The second-order valence-electron chi connectivity index (χ2n) is 13.3. The van der Waals surface area contributed by atoms with Gasteiger partial charge >= 0.3 is 6.03 Å². The van der Waals surface area contributed by atoms with E-state index in [2.05, 4.69) is 50.4 Å². The van der Waals surface area contributed by atoms with Crippen LogP contribution < -0.4 is 19.9 Å². The Bertz CT molecular complexity index is 2220. The summed E-state index contributed by atoms with van der Waals surface area (Å²) in [7, 11) is 0. The Morgan fingerprint density at radius 1 is 0.811 bits per heavy atom. The molecule has 3 aliphatic rings. The highest BCUT2D eigenvalue weighted by Crippen LogP contribution is 2.50. The molecule has 11 heteroatoms. The lowest BCUT2D eigenvalue weighted by molar-refractivity contribution is -0.384. The van der Waals surface area contributed by atoms with Crippen LogP contribution in [0.25, 0.3) is 6.08 Å². The molecule has 8 rings (SSSR count). The Balaban J connectivity index is 1.13. The molecule has 0 radical (unpaired) electrons. The molecular formula is C42H33BrN4O6. The van der Waals surface area contributed by atoms with Gasteiger partial charge in [0, 0.05) is 42.7 Å². The average molecular weight is 770 g/mol. The first-order valence-corrected chi connectivity index (χ1v) is 18.1. The predicted octanol–water partition coefficient (Wildman–Crippen LogP) is 8.48. The van der Waals surface area contributed by atoms with Gasteiger partial charge in [0.1, 0.15) is 17.9 Å². The minimum Gasteiger partial charge on any atom is -0.488 e. The smallest absolute Gasteiger partial charge is 0.335 e. The molecular weight excluding hydrogens is 736 g/mol. The number of hydrogen-bond donors (Lipinski definition) is 1. The molecule has 0 spiro atoms. The third-order valence-corrected chi connectivity index (χ3v) is 10.8. The summed E-state index contributed by atoms with van der Waals surface area (Å²) in [5.41, 5.74) is 7.15. The van der Waals surface area contributed by atoms with Gasteiger partial charge in [-0.1, -0.05) is 66.7 Å². The maximum atomic E-state index is 14.3. The second-order valence-corrected chi connectivity index (χ2v) is 14.2. The molecule has 1 fully saturated rings. The number of amides is 4. The fourth-order valence-electron chi connectivity index (χ4n) is 7.63. The van der Waals surface area contributed by atoms with Crippen LogP contribution in [0.2, 0.25) is 0 Å². The van der Waals surface area contributed by atoms with Crippen LogP contribution in [0, 0.1) is 10.1 Å². The number of rotatable bonds is 8. The van der Waals surface area contributed by atoms with Crippen molar-refractivity contribution >= 4 is 56.9 Å². The van der Waals surface area contributed by atoms with E-state index in [4.69, 9.17) is 4.74 Å². The summed E-state index contributed by atoms with van der Waals surface area (Å²) in [6.07, 6.45) is 3.25. The average Bonchev–Trinajstić information content (AvgIpc) is 3.17. The van der Waals surface area contributed by atoms with Gasteiger partial charge in [0.15, 0.2) is 0 Å². The molecule has 0 aliphatic carbocycles. The van der Waals surface area contributed by atoms with Gasteiger partial charge in [0.05, 0.1) is 15.1 Å². The van der Waals surface area contributed by atoms with E-state index in [-0.39, 0.29) is 29.7 Å². The van der Waals surface area contributed by atoms with Gasteiger partial charge in [0.2, 0.25) is 0 Å². The quantitative estimate of drug-likeness (QED) is 0.0727. The first kappa shape index (κ1) is 34.0. The van der Waals surface area contributed by atoms with Gasteiger partial charge in [-0.3, -0.25) is 25.0 Å². The molecule has 5 aromatic carbocycles. The lowest BCUT2D eigenvalue weighted by Crippen LogP contribution is -2.54. The van der Waals surface area contributed by atoms with Crippen LogP contribution in [0.15, 0.2) is 125 Å². The van der Waals surface area contributed by atoms with Gasteiger partial charge in [-0.15, -0.1) is 0 Å². The number of non-ortho nitro benzene ring substituents is 1. The molecule has 1 N–H and O–H groups in total. The number of carbonyl (C=O) groups excluding carboxylic acids is 3. The van der Waals surface area contributed by atoms with Crippen molar-refractivity contribution in [1.82, 2.24) is 5.32 Å². The lowest BCUT2D eigenvalue weighted by Gasteiger charge is -2.44. The highest BCUT2D eigenvalue weighted by molar-refractivity contribution is 9.10. The van der Waals surface area contributed by atoms with Gasteiger partial charge in [-0.05, 0) is 105 Å². The fraction of sp³-hybridized carbons (Fsp3) is 0.167. The van der Waals surface area contributed by atoms with Gasteiger partial charge in [-0.2, -0.15) is 0 Å². The van der Waals surface area contributed by atoms with E-state index in [0.29, 0.717) is 21.5 Å². The van der Waals surface area contributed by atoms with Crippen molar-refractivity contribution < 1.29 is 24.0 Å². The van der Waals surface area contributed by atoms with Crippen molar-refractivity contribution in [2.45, 2.75) is 31.3 Å². The highest BCUT2D eigenvalue weighted by Gasteiger charge is 2.40. The molecule has 1 saturated heterocycles. The largest absolute Gasteiger partial charge is 0.488 e. The number of imide groups is 2. The van der Waals surface area contributed by atoms with Crippen LogP contribution in [-0.4, -0.2) is 35.9 Å². The Morgan fingerprint density at radius 2 is 1.42 bits per heavy atom. The molecule has 0 saturated carbocycles. The second kappa shape index (κ2) is 14.2. The summed E-state index contributed by atoms with van der Waals surface area (Å²) in [6, 6.07) is 34.9. The predicted molar refractivity (Wildman–Crippen MR) is 205 cm³/mol. The number of carbonyl (C=O) groups is 3. The van der Waals surface area contributed by atoms with Crippen molar-refractivity contribution in [3.63, 3.8) is 0 Å². The van der Waals surface area contributed by atoms with Gasteiger partial charge < -0.3 is 9.64 Å². The Kier molecular flexibility index (Phi) is 9.09. The lowest BCUT2D eigenvalue weighted by atomic mass is 9.76. The minimum absolute atomic E-state index is 0.00507. The highest BCUT2D eigenvalue weighted by atomic mass is 79.9. The van der Waals surface area contributed by atoms with Crippen molar-refractivity contribution in [3.8, 4) is 5.75 Å². The van der Waals surface area contributed by atoms with Crippen molar-refractivity contribution in [1.29, 1.82) is 0 Å². The number of nitrogens with zero attached hydrogens (tertiary/aromatic N) is 3. The molecule has 0 aromatic heterocycles. The molecule has 10 nitrogen and oxygen atoms in total. The monoisotopic (exact) mass is 768 g/mol. The number of halogens is 1. The Hall–Kier alpha value is -6.07. The van der Waals surface area contributed by atoms with Crippen molar-refractivity contribution in [2.75, 3.05) is 22.9 Å². The third-order valence-electron chi connectivity index (χ3n) is 10.2. The fourth-order valence-corrected chi connectivity index (χ4v) is 8.14. The van der Waals surface area contributed by atoms with Crippen LogP contribution in [-0.2, 0) is 16.2 Å². The Morgan fingerprint density at radius 3 is 1.98 bits per heavy atom. The summed E-state index contributed by atoms with van der Waals surface area (Å²) in [6.45, 7) is 1.98. The van der Waals surface area contributed by atoms with Crippen LogP contribution in [0.3, 0.4) is 0 Å². The number of urea groups is 1. The zero-order valence-electron chi connectivity index (χ0n) is 28.4. The van der Waals surface area contributed by atoms with Crippen LogP contribution >= 0.6 is 15.9 Å². The van der Waals surface area contributed by atoms with E-state index in [0.717, 1.165) is 53.2 Å². The Labute approximate surface area is 314 Å². The molecule has 5 aromatic rings. The van der Waals surface area contributed by atoms with Gasteiger partial charge in [-0.25, -0.2) is 9.69 Å². The van der Waals surface area contributed by atoms with E-state index in [1.54, 1.807) is 30.3 Å². The van der Waals surface area contributed by atoms with E-state index in [9.17, 15) is 24.5 Å². The number of anilines is 2. The standard InChI is InChI=1S/C42H33BrN4O6/c43-37-22-27(13-16-38(37)53-25-26-11-14-30(15-12-26)47(51)52)21-36-40(48)44-42(50)46(41(36)49)31-23-34-32(28-7-3-1-4-8-28)17-19-45-20-18-33(35(24-31)39(34)45)29-9-5-2-6-10-29/h1-16,21-24,32-33H,17-20,25H2,(H,44,48,50)/b36-21+/t32-,33+. The van der Waals surface area contributed by atoms with Crippen molar-refractivity contribution in [3.05, 3.63) is 169 Å². The molecule has 4 amide bonds. The molecule has 3 heterocycles. The maximum absolute atomic E-state index is 14.3. The molecule has 0 unspecified atom stereocenters. The SMILES string of the molecule is O=C1NC(=O)N(c2cc3c4c(c2)[C@H](c2ccccc2)CCN4CC[C@@H]3c2ccccc2)C(=O)/C1=C/c1ccc(OCc2ccc([N+](=O)[O-])cc2)c(Br)c1. The maximum Gasteiger partial charge on any atom is 0.335 e. The van der Waals surface area contributed by atoms with E-state index < -0.39 is 22.8 Å². The number of hydrogen-bond acceptors (Lipinski definition) is 7. The summed E-state index contributed by atoms with van der Waals surface area (Å²) in [4.78, 5) is 55.1. The molecule has 53 heavy (non-hydrogen) atoms. The third kappa shape index (κ3) is 6.60.